The molecule has 0 saturated heterocycles. The second-order valence-electron chi connectivity index (χ2n) is 6.89. The van der Waals surface area contributed by atoms with Crippen molar-refractivity contribution in [1.82, 2.24) is 15.0 Å². The van der Waals surface area contributed by atoms with E-state index >= 15 is 0 Å². The van der Waals surface area contributed by atoms with E-state index in [-0.39, 0.29) is 24.5 Å². The van der Waals surface area contributed by atoms with Crippen molar-refractivity contribution < 1.29 is 19.1 Å². The second kappa shape index (κ2) is 8.77. The van der Waals surface area contributed by atoms with Gasteiger partial charge in [0.05, 0.1) is 20.3 Å². The van der Waals surface area contributed by atoms with Crippen LogP contribution in [0.4, 0.5) is 5.69 Å². The van der Waals surface area contributed by atoms with Crippen molar-refractivity contribution in [3.63, 3.8) is 0 Å². The van der Waals surface area contributed by atoms with Gasteiger partial charge in [-0.1, -0.05) is 23.4 Å². The number of anilines is 1. The predicted molar refractivity (Wildman–Crippen MR) is 112 cm³/mol. The number of carbonyl (C=O) groups excluding carboxylic acids is 2. The second-order valence-corrected chi connectivity index (χ2v) is 6.89. The van der Waals surface area contributed by atoms with Gasteiger partial charge in [0.2, 0.25) is 11.5 Å². The van der Waals surface area contributed by atoms with Gasteiger partial charge in [0.1, 0.15) is 11.4 Å². The number of aromatic nitrogens is 3. The lowest BCUT2D eigenvalue weighted by Crippen LogP contribution is -2.18. The number of rotatable bonds is 7. The quantitative estimate of drug-likeness (QED) is 0.364. The molecule has 0 fully saturated rings. The summed E-state index contributed by atoms with van der Waals surface area (Å²) in [5.41, 5.74) is 9.28. The van der Waals surface area contributed by atoms with Gasteiger partial charge < -0.3 is 15.2 Å². The molecule has 0 aliphatic carbocycles. The summed E-state index contributed by atoms with van der Waals surface area (Å²) in [6.07, 6.45) is 0. The molecule has 8 nitrogen and oxygen atoms in total. The van der Waals surface area contributed by atoms with Crippen LogP contribution in [0.1, 0.15) is 50.2 Å². The molecule has 0 bridgehead atoms. The number of ketones is 1. The summed E-state index contributed by atoms with van der Waals surface area (Å²) < 4.78 is 11.6. The van der Waals surface area contributed by atoms with Crippen molar-refractivity contribution in [3.05, 3.63) is 70.0 Å². The van der Waals surface area contributed by atoms with Crippen LogP contribution in [0.2, 0.25) is 0 Å². The van der Waals surface area contributed by atoms with Crippen LogP contribution in [0.15, 0.2) is 36.4 Å². The number of esters is 1. The van der Waals surface area contributed by atoms with Gasteiger partial charge in [-0.2, -0.15) is 0 Å². The maximum absolute atomic E-state index is 13.5. The molecule has 1 heterocycles. The Kier molecular flexibility index (Phi) is 6.15. The molecule has 0 atom stereocenters. The van der Waals surface area contributed by atoms with Crippen LogP contribution >= 0.6 is 0 Å². The summed E-state index contributed by atoms with van der Waals surface area (Å²) in [4.78, 5) is 25.9. The summed E-state index contributed by atoms with van der Waals surface area (Å²) >= 11 is 0. The highest BCUT2D eigenvalue weighted by Crippen LogP contribution is 2.24. The summed E-state index contributed by atoms with van der Waals surface area (Å²) in [6.45, 7) is 5.79. The Morgan fingerprint density at radius 2 is 1.83 bits per heavy atom. The van der Waals surface area contributed by atoms with Crippen LogP contribution in [0, 0.1) is 13.8 Å². The lowest BCUT2D eigenvalue weighted by Gasteiger charge is -2.12. The normalized spacial score (nSPS) is 10.7. The lowest BCUT2D eigenvalue weighted by molar-refractivity contribution is 0.0516. The van der Waals surface area contributed by atoms with Crippen LogP contribution in [-0.4, -0.2) is 40.5 Å². The number of carbonyl (C=O) groups is 2. The number of nitrogens with two attached hydrogens (primary N) is 1. The van der Waals surface area contributed by atoms with E-state index in [1.54, 1.807) is 20.1 Å². The number of ether oxygens (including phenoxy) is 2. The zero-order valence-corrected chi connectivity index (χ0v) is 17.4. The van der Waals surface area contributed by atoms with Gasteiger partial charge in [-0.05, 0) is 55.7 Å². The Morgan fingerprint density at radius 3 is 2.47 bits per heavy atom. The lowest BCUT2D eigenvalue weighted by atomic mass is 9.98. The third-order valence-electron chi connectivity index (χ3n) is 4.69. The fourth-order valence-corrected chi connectivity index (χ4v) is 3.18. The van der Waals surface area contributed by atoms with Crippen molar-refractivity contribution >= 4 is 17.4 Å². The molecule has 2 N–H and O–H groups in total. The Morgan fingerprint density at radius 1 is 1.13 bits per heavy atom. The fraction of sp³-hybridized carbons (Fsp3) is 0.273. The van der Waals surface area contributed by atoms with Gasteiger partial charge in [0.15, 0.2) is 0 Å². The molecule has 0 aliphatic heterocycles. The number of benzene rings is 2. The SMILES string of the molecule is CCOC(=O)c1nnn(Cc2ccc(OC)cc2)c1C(=O)c1cc(C)cc(C)c1N. The third kappa shape index (κ3) is 4.17. The van der Waals surface area contributed by atoms with Gasteiger partial charge in [0, 0.05) is 11.3 Å². The van der Waals surface area contributed by atoms with Crippen LogP contribution in [0.25, 0.3) is 0 Å². The van der Waals surface area contributed by atoms with Crippen molar-refractivity contribution in [2.45, 2.75) is 27.3 Å². The predicted octanol–water partition coefficient (Wildman–Crippen LogP) is 2.94. The molecular formula is C22H24N4O4. The van der Waals surface area contributed by atoms with E-state index in [0.29, 0.717) is 17.0 Å². The smallest absolute Gasteiger partial charge is 0.361 e. The zero-order valence-electron chi connectivity index (χ0n) is 17.4. The van der Waals surface area contributed by atoms with E-state index in [1.807, 2.05) is 44.2 Å². The summed E-state index contributed by atoms with van der Waals surface area (Å²) in [7, 11) is 1.59. The number of hydrogen-bond donors (Lipinski definition) is 1. The van der Waals surface area contributed by atoms with Gasteiger partial charge in [0.25, 0.3) is 0 Å². The Balaban J connectivity index is 2.09. The molecule has 8 heteroatoms. The molecule has 0 unspecified atom stereocenters. The Bertz CT molecular complexity index is 1090. The summed E-state index contributed by atoms with van der Waals surface area (Å²) in [6, 6.07) is 10.9. The minimum absolute atomic E-state index is 0.0426. The Hall–Kier alpha value is -3.68. The summed E-state index contributed by atoms with van der Waals surface area (Å²) in [5.74, 6) is -0.422. The first kappa shape index (κ1) is 21.0. The number of aryl methyl sites for hydroxylation is 2. The molecule has 0 radical (unpaired) electrons. The first-order valence-corrected chi connectivity index (χ1v) is 9.50. The van der Waals surface area contributed by atoms with Crippen LogP contribution < -0.4 is 10.5 Å². The van der Waals surface area contributed by atoms with E-state index < -0.39 is 11.8 Å². The highest BCUT2D eigenvalue weighted by molar-refractivity contribution is 6.15. The topological polar surface area (TPSA) is 109 Å². The average Bonchev–Trinajstić information content (AvgIpc) is 3.14. The van der Waals surface area contributed by atoms with Gasteiger partial charge in [-0.3, -0.25) is 4.79 Å². The van der Waals surface area contributed by atoms with E-state index in [2.05, 4.69) is 10.3 Å². The first-order chi connectivity index (χ1) is 14.3. The molecule has 0 saturated carbocycles. The number of nitrogen functional groups attached to an aromatic ring is 1. The van der Waals surface area contributed by atoms with Gasteiger partial charge in [-0.15, -0.1) is 5.10 Å². The van der Waals surface area contributed by atoms with Crippen molar-refractivity contribution in [3.8, 4) is 5.75 Å². The van der Waals surface area contributed by atoms with E-state index in [1.165, 1.54) is 4.68 Å². The van der Waals surface area contributed by atoms with Crippen molar-refractivity contribution in [2.24, 2.45) is 0 Å². The van der Waals surface area contributed by atoms with Crippen LogP contribution in [0.3, 0.4) is 0 Å². The number of nitrogens with zero attached hydrogens (tertiary/aromatic N) is 3. The molecule has 3 aromatic rings. The summed E-state index contributed by atoms with van der Waals surface area (Å²) in [5, 5.41) is 7.99. The van der Waals surface area contributed by atoms with Crippen molar-refractivity contribution in [2.75, 3.05) is 19.5 Å². The van der Waals surface area contributed by atoms with Crippen LogP contribution in [0.5, 0.6) is 5.75 Å². The highest BCUT2D eigenvalue weighted by Gasteiger charge is 2.29. The number of methoxy groups -OCH3 is 1. The molecule has 3 rings (SSSR count). The monoisotopic (exact) mass is 408 g/mol. The minimum Gasteiger partial charge on any atom is -0.497 e. The molecule has 2 aromatic carbocycles. The molecular weight excluding hydrogens is 384 g/mol. The molecule has 156 valence electrons. The standard InChI is InChI=1S/C22H24N4O4/c1-5-30-22(28)19-20(21(27)17-11-13(2)10-14(3)18(17)23)26(25-24-19)12-15-6-8-16(29-4)9-7-15/h6-11H,5,12,23H2,1-4H3. The van der Waals surface area contributed by atoms with Gasteiger partial charge >= 0.3 is 5.97 Å². The zero-order chi connectivity index (χ0) is 21.8. The molecule has 1 aromatic heterocycles. The molecule has 0 spiro atoms. The third-order valence-corrected chi connectivity index (χ3v) is 4.69. The van der Waals surface area contributed by atoms with E-state index in [9.17, 15) is 9.59 Å². The average molecular weight is 408 g/mol. The maximum atomic E-state index is 13.5. The molecule has 0 aliphatic rings. The maximum Gasteiger partial charge on any atom is 0.361 e. The minimum atomic E-state index is -0.704. The molecule has 30 heavy (non-hydrogen) atoms. The van der Waals surface area contributed by atoms with E-state index in [4.69, 9.17) is 15.2 Å². The van der Waals surface area contributed by atoms with Crippen molar-refractivity contribution in [1.29, 1.82) is 0 Å². The first-order valence-electron chi connectivity index (χ1n) is 9.50. The van der Waals surface area contributed by atoms with E-state index in [0.717, 1.165) is 16.7 Å². The fourth-order valence-electron chi connectivity index (χ4n) is 3.18. The number of hydrogen-bond acceptors (Lipinski definition) is 7. The van der Waals surface area contributed by atoms with Gasteiger partial charge in [-0.25, -0.2) is 9.48 Å². The van der Waals surface area contributed by atoms with Crippen LogP contribution in [-0.2, 0) is 11.3 Å². The largest absolute Gasteiger partial charge is 0.497 e. The highest BCUT2D eigenvalue weighted by atomic mass is 16.5. The molecule has 0 amide bonds. The Labute approximate surface area is 174 Å².